The van der Waals surface area contributed by atoms with Gasteiger partial charge in [0.1, 0.15) is 23.7 Å². The van der Waals surface area contributed by atoms with Gasteiger partial charge >= 0.3 is 0 Å². The summed E-state index contributed by atoms with van der Waals surface area (Å²) in [7, 11) is 1.64. The van der Waals surface area contributed by atoms with E-state index in [-0.39, 0.29) is 24.2 Å². The van der Waals surface area contributed by atoms with Gasteiger partial charge in [0.2, 0.25) is 0 Å². The van der Waals surface area contributed by atoms with Crippen LogP contribution in [0, 0.1) is 5.92 Å². The van der Waals surface area contributed by atoms with E-state index >= 15 is 0 Å². The van der Waals surface area contributed by atoms with Crippen molar-refractivity contribution in [2.75, 3.05) is 13.7 Å². The maximum Gasteiger partial charge on any atom is 0.163 e. The fraction of sp³-hybridized carbons (Fsp3) is 0.545. The summed E-state index contributed by atoms with van der Waals surface area (Å²) in [6.45, 7) is 10.5. The Balaban J connectivity index is 1.53. The molecule has 8 heteroatoms. The summed E-state index contributed by atoms with van der Waals surface area (Å²) in [6, 6.07) is 7.73. The normalized spacial score (nSPS) is 30.1. The van der Waals surface area contributed by atoms with E-state index in [0.29, 0.717) is 13.2 Å². The summed E-state index contributed by atoms with van der Waals surface area (Å²) in [4.78, 5) is 0. The smallest absolute Gasteiger partial charge is 0.163 e. The molecule has 0 spiro atoms. The molecule has 5 atom stereocenters. The van der Waals surface area contributed by atoms with Crippen molar-refractivity contribution < 1.29 is 23.7 Å². The minimum absolute atomic E-state index is 0.0241. The van der Waals surface area contributed by atoms with Gasteiger partial charge in [0.15, 0.2) is 12.1 Å². The molecule has 0 amide bonds. The quantitative estimate of drug-likeness (QED) is 0.643. The Kier molecular flexibility index (Phi) is 5.92. The SMILES string of the molecule is C=CCOC1OC(Cn2cc(-c3cccc(OC)c3)nn2)C2OC(C)(C)OC2C1C. The van der Waals surface area contributed by atoms with Gasteiger partial charge < -0.3 is 23.7 Å². The Labute approximate surface area is 176 Å². The van der Waals surface area contributed by atoms with E-state index in [1.165, 1.54) is 0 Å². The van der Waals surface area contributed by atoms with E-state index in [2.05, 4.69) is 23.8 Å². The Morgan fingerprint density at radius 2 is 2.07 bits per heavy atom. The van der Waals surface area contributed by atoms with Crippen LogP contribution in [0.5, 0.6) is 5.75 Å². The maximum atomic E-state index is 6.28. The van der Waals surface area contributed by atoms with Gasteiger partial charge in [-0.05, 0) is 26.0 Å². The monoisotopic (exact) mass is 415 g/mol. The lowest BCUT2D eigenvalue weighted by Gasteiger charge is -2.40. The van der Waals surface area contributed by atoms with Gasteiger partial charge in [-0.25, -0.2) is 4.68 Å². The Hall–Kier alpha value is -2.26. The highest BCUT2D eigenvalue weighted by molar-refractivity contribution is 5.59. The van der Waals surface area contributed by atoms with E-state index in [9.17, 15) is 0 Å². The topological polar surface area (TPSA) is 76.9 Å². The molecule has 0 saturated carbocycles. The average molecular weight is 415 g/mol. The lowest BCUT2D eigenvalue weighted by atomic mass is 9.92. The predicted octanol–water partition coefficient (Wildman–Crippen LogP) is 3.04. The molecule has 2 aliphatic heterocycles. The van der Waals surface area contributed by atoms with Gasteiger partial charge in [-0.15, -0.1) is 11.7 Å². The third kappa shape index (κ3) is 4.27. The first-order valence-corrected chi connectivity index (χ1v) is 10.2. The minimum Gasteiger partial charge on any atom is -0.497 e. The number of fused-ring (bicyclic) bond motifs is 1. The molecule has 5 unspecified atom stereocenters. The Morgan fingerprint density at radius 3 is 2.83 bits per heavy atom. The number of ether oxygens (including phenoxy) is 5. The predicted molar refractivity (Wildman–Crippen MR) is 110 cm³/mol. The third-order valence-corrected chi connectivity index (χ3v) is 5.44. The lowest BCUT2D eigenvalue weighted by Crippen LogP contribution is -2.54. The molecule has 4 rings (SSSR count). The van der Waals surface area contributed by atoms with E-state index in [4.69, 9.17) is 23.7 Å². The summed E-state index contributed by atoms with van der Waals surface area (Å²) >= 11 is 0. The summed E-state index contributed by atoms with van der Waals surface area (Å²) in [6.07, 6.45) is 2.56. The summed E-state index contributed by atoms with van der Waals surface area (Å²) in [5.74, 6) is 0.124. The van der Waals surface area contributed by atoms with Gasteiger partial charge in [0.05, 0.1) is 32.6 Å². The van der Waals surface area contributed by atoms with Crippen molar-refractivity contribution in [2.24, 2.45) is 5.92 Å². The molecule has 2 aromatic rings. The van der Waals surface area contributed by atoms with Crippen molar-refractivity contribution in [3.05, 3.63) is 43.1 Å². The fourth-order valence-corrected chi connectivity index (χ4v) is 4.03. The highest BCUT2D eigenvalue weighted by Crippen LogP contribution is 2.40. The van der Waals surface area contributed by atoms with Crippen LogP contribution in [0.25, 0.3) is 11.3 Å². The van der Waals surface area contributed by atoms with Crippen molar-refractivity contribution in [3.63, 3.8) is 0 Å². The number of methoxy groups -OCH3 is 1. The molecular formula is C22H29N3O5. The van der Waals surface area contributed by atoms with Crippen molar-refractivity contribution in [3.8, 4) is 17.0 Å². The zero-order valence-corrected chi connectivity index (χ0v) is 17.9. The summed E-state index contributed by atoms with van der Waals surface area (Å²) in [5, 5.41) is 8.60. The molecule has 0 N–H and O–H groups in total. The number of hydrogen-bond acceptors (Lipinski definition) is 7. The van der Waals surface area contributed by atoms with Gasteiger partial charge in [-0.2, -0.15) is 0 Å². The fourth-order valence-electron chi connectivity index (χ4n) is 4.03. The molecule has 8 nitrogen and oxygen atoms in total. The van der Waals surface area contributed by atoms with Crippen LogP contribution >= 0.6 is 0 Å². The molecule has 3 heterocycles. The first-order valence-electron chi connectivity index (χ1n) is 10.2. The second-order valence-electron chi connectivity index (χ2n) is 8.15. The molecule has 0 bridgehead atoms. The average Bonchev–Trinajstić information content (AvgIpc) is 3.33. The molecule has 0 radical (unpaired) electrons. The Bertz CT molecular complexity index is 883. The van der Waals surface area contributed by atoms with Crippen molar-refractivity contribution in [2.45, 2.75) is 57.7 Å². The first-order chi connectivity index (χ1) is 14.4. The molecule has 2 fully saturated rings. The number of nitrogens with zero attached hydrogens (tertiary/aromatic N) is 3. The van der Waals surface area contributed by atoms with Gasteiger partial charge in [0, 0.05) is 11.5 Å². The van der Waals surface area contributed by atoms with Crippen LogP contribution in [0.1, 0.15) is 20.8 Å². The van der Waals surface area contributed by atoms with Crippen LogP contribution < -0.4 is 4.74 Å². The van der Waals surface area contributed by atoms with E-state index in [1.807, 2.05) is 44.3 Å². The van der Waals surface area contributed by atoms with Crippen LogP contribution in [-0.4, -0.2) is 59.1 Å². The molecule has 30 heavy (non-hydrogen) atoms. The van der Waals surface area contributed by atoms with Crippen LogP contribution in [0.2, 0.25) is 0 Å². The largest absolute Gasteiger partial charge is 0.497 e. The van der Waals surface area contributed by atoms with Crippen LogP contribution in [0.3, 0.4) is 0 Å². The lowest BCUT2D eigenvalue weighted by molar-refractivity contribution is -0.255. The minimum atomic E-state index is -0.674. The standard InChI is InChI=1S/C22H29N3O5/c1-6-10-27-21-14(2)19-20(30-22(3,4)29-19)18(28-21)13-25-12-17(23-24-25)15-8-7-9-16(11-15)26-5/h6-9,11-12,14,18-21H,1,10,13H2,2-5H3. The van der Waals surface area contributed by atoms with Crippen molar-refractivity contribution in [1.82, 2.24) is 15.0 Å². The van der Waals surface area contributed by atoms with E-state index in [1.54, 1.807) is 17.9 Å². The highest BCUT2D eigenvalue weighted by atomic mass is 16.8. The van der Waals surface area contributed by atoms with E-state index in [0.717, 1.165) is 17.0 Å². The molecule has 2 saturated heterocycles. The molecular weight excluding hydrogens is 386 g/mol. The number of rotatable bonds is 7. The van der Waals surface area contributed by atoms with Crippen LogP contribution in [0.15, 0.2) is 43.1 Å². The van der Waals surface area contributed by atoms with Gasteiger partial charge in [0.25, 0.3) is 0 Å². The molecule has 1 aromatic carbocycles. The van der Waals surface area contributed by atoms with Crippen LogP contribution in [-0.2, 0) is 25.5 Å². The summed E-state index contributed by atoms with van der Waals surface area (Å²) < 4.78 is 31.6. The van der Waals surface area contributed by atoms with Crippen molar-refractivity contribution >= 4 is 0 Å². The second kappa shape index (κ2) is 8.47. The molecule has 1 aromatic heterocycles. The van der Waals surface area contributed by atoms with E-state index < -0.39 is 12.1 Å². The number of benzene rings is 1. The molecule has 2 aliphatic rings. The molecule has 0 aliphatic carbocycles. The maximum absolute atomic E-state index is 6.28. The number of hydrogen-bond donors (Lipinski definition) is 0. The third-order valence-electron chi connectivity index (χ3n) is 5.44. The highest BCUT2D eigenvalue weighted by Gasteiger charge is 2.54. The second-order valence-corrected chi connectivity index (χ2v) is 8.15. The number of aromatic nitrogens is 3. The zero-order chi connectivity index (χ0) is 21.3. The van der Waals surface area contributed by atoms with Crippen molar-refractivity contribution in [1.29, 1.82) is 0 Å². The first kappa shape index (κ1) is 21.0. The van der Waals surface area contributed by atoms with Gasteiger partial charge in [-0.3, -0.25) is 0 Å². The van der Waals surface area contributed by atoms with Crippen LogP contribution in [0.4, 0.5) is 0 Å². The molecule has 162 valence electrons. The van der Waals surface area contributed by atoms with Gasteiger partial charge in [-0.1, -0.05) is 30.3 Å². The zero-order valence-electron chi connectivity index (χ0n) is 17.9. The summed E-state index contributed by atoms with van der Waals surface area (Å²) in [5.41, 5.74) is 1.70. The Morgan fingerprint density at radius 1 is 1.27 bits per heavy atom.